The Morgan fingerprint density at radius 1 is 1.29 bits per heavy atom. The van der Waals surface area contributed by atoms with E-state index in [-0.39, 0.29) is 11.9 Å². The van der Waals surface area contributed by atoms with Crippen molar-refractivity contribution in [1.29, 1.82) is 0 Å². The van der Waals surface area contributed by atoms with Gasteiger partial charge >= 0.3 is 0 Å². The monoisotopic (exact) mass is 291 g/mol. The second-order valence-corrected chi connectivity index (χ2v) is 6.36. The first-order valence-corrected chi connectivity index (χ1v) is 8.17. The fourth-order valence-electron chi connectivity index (χ4n) is 2.81. The molecule has 0 bridgehead atoms. The van der Waals surface area contributed by atoms with E-state index in [1.807, 2.05) is 13.1 Å². The second-order valence-electron chi connectivity index (χ2n) is 6.36. The zero-order valence-electron chi connectivity index (χ0n) is 12.7. The summed E-state index contributed by atoms with van der Waals surface area (Å²) in [6.07, 6.45) is 10.3. The molecule has 0 aliphatic heterocycles. The van der Waals surface area contributed by atoms with Crippen LogP contribution < -0.4 is 10.6 Å². The maximum atomic E-state index is 12.3. The van der Waals surface area contributed by atoms with Gasteiger partial charge in [0.05, 0.1) is 11.9 Å². The van der Waals surface area contributed by atoms with Crippen molar-refractivity contribution < 1.29 is 4.79 Å². The molecule has 0 aromatic carbocycles. The predicted molar refractivity (Wildman–Crippen MR) is 79.6 cm³/mol. The van der Waals surface area contributed by atoms with Crippen molar-refractivity contribution in [2.45, 2.75) is 76.5 Å². The molecule has 6 heteroatoms. The highest BCUT2D eigenvalue weighted by Gasteiger charge is 2.23. The SMILES string of the molecule is CC(C(=O)NC1CCCCC1)n1cc(CNC2CC2)nn1. The Morgan fingerprint density at radius 2 is 2.05 bits per heavy atom. The molecule has 1 unspecified atom stereocenters. The Hall–Kier alpha value is -1.43. The van der Waals surface area contributed by atoms with Gasteiger partial charge in [0.25, 0.3) is 0 Å². The third kappa shape index (κ3) is 4.03. The predicted octanol–water partition coefficient (Wildman–Crippen LogP) is 1.54. The lowest BCUT2D eigenvalue weighted by molar-refractivity contribution is -0.125. The van der Waals surface area contributed by atoms with Crippen molar-refractivity contribution in [3.63, 3.8) is 0 Å². The Kier molecular flexibility index (Phi) is 4.53. The van der Waals surface area contributed by atoms with Crippen molar-refractivity contribution in [2.75, 3.05) is 0 Å². The first-order chi connectivity index (χ1) is 10.2. The van der Waals surface area contributed by atoms with Gasteiger partial charge in [0.15, 0.2) is 0 Å². The molecule has 1 aromatic heterocycles. The van der Waals surface area contributed by atoms with Crippen LogP contribution in [0.25, 0.3) is 0 Å². The van der Waals surface area contributed by atoms with Crippen molar-refractivity contribution in [2.24, 2.45) is 0 Å². The number of nitrogens with one attached hydrogen (secondary N) is 2. The molecule has 6 nitrogen and oxygen atoms in total. The number of hydrogen-bond donors (Lipinski definition) is 2. The van der Waals surface area contributed by atoms with E-state index in [0.717, 1.165) is 25.1 Å². The smallest absolute Gasteiger partial charge is 0.244 e. The Labute approximate surface area is 125 Å². The van der Waals surface area contributed by atoms with Gasteiger partial charge in [0.2, 0.25) is 5.91 Å². The van der Waals surface area contributed by atoms with Crippen LogP contribution in [-0.4, -0.2) is 33.0 Å². The number of carbonyl (C=O) groups excluding carboxylic acids is 1. The molecule has 2 N–H and O–H groups in total. The third-order valence-electron chi connectivity index (χ3n) is 4.43. The summed E-state index contributed by atoms with van der Waals surface area (Å²) < 4.78 is 1.67. The number of nitrogens with zero attached hydrogens (tertiary/aromatic N) is 3. The molecule has 1 atom stereocenters. The molecule has 21 heavy (non-hydrogen) atoms. The van der Waals surface area contributed by atoms with Crippen LogP contribution in [0, 0.1) is 0 Å². The molecule has 2 saturated carbocycles. The van der Waals surface area contributed by atoms with Gasteiger partial charge in [0, 0.05) is 18.6 Å². The molecule has 0 saturated heterocycles. The Morgan fingerprint density at radius 3 is 2.76 bits per heavy atom. The summed E-state index contributed by atoms with van der Waals surface area (Å²) in [5.74, 6) is 0.0495. The van der Waals surface area contributed by atoms with Crippen LogP contribution >= 0.6 is 0 Å². The molecule has 2 fully saturated rings. The maximum Gasteiger partial charge on any atom is 0.244 e. The van der Waals surface area contributed by atoms with E-state index in [4.69, 9.17) is 0 Å². The topological polar surface area (TPSA) is 71.8 Å². The lowest BCUT2D eigenvalue weighted by Crippen LogP contribution is -2.40. The van der Waals surface area contributed by atoms with Gasteiger partial charge in [-0.1, -0.05) is 24.5 Å². The summed E-state index contributed by atoms with van der Waals surface area (Å²) in [4.78, 5) is 12.3. The van der Waals surface area contributed by atoms with E-state index in [2.05, 4.69) is 20.9 Å². The summed E-state index contributed by atoms with van der Waals surface area (Å²) in [5, 5.41) is 14.8. The average Bonchev–Trinajstić information content (AvgIpc) is 3.22. The van der Waals surface area contributed by atoms with Gasteiger partial charge < -0.3 is 10.6 Å². The van der Waals surface area contributed by atoms with E-state index in [1.54, 1.807) is 4.68 Å². The average molecular weight is 291 g/mol. The van der Waals surface area contributed by atoms with Crippen LogP contribution in [-0.2, 0) is 11.3 Å². The van der Waals surface area contributed by atoms with Crippen molar-refractivity contribution in [3.05, 3.63) is 11.9 Å². The fourth-order valence-corrected chi connectivity index (χ4v) is 2.81. The van der Waals surface area contributed by atoms with Crippen molar-refractivity contribution in [1.82, 2.24) is 25.6 Å². The minimum absolute atomic E-state index is 0.0495. The number of rotatable bonds is 6. The standard InChI is InChI=1S/C15H25N5O/c1-11(15(21)17-13-5-3-2-4-6-13)20-10-14(18-19-20)9-16-12-7-8-12/h10-13,16H,2-9H2,1H3,(H,17,21). The Bertz CT molecular complexity index is 476. The highest BCUT2D eigenvalue weighted by molar-refractivity contribution is 5.80. The molecule has 0 spiro atoms. The van der Waals surface area contributed by atoms with Gasteiger partial charge in [-0.05, 0) is 32.6 Å². The van der Waals surface area contributed by atoms with Gasteiger partial charge in [-0.2, -0.15) is 0 Å². The van der Waals surface area contributed by atoms with Crippen LogP contribution in [0.4, 0.5) is 0 Å². The number of hydrogen-bond acceptors (Lipinski definition) is 4. The zero-order chi connectivity index (χ0) is 14.7. The maximum absolute atomic E-state index is 12.3. The van der Waals surface area contributed by atoms with E-state index in [9.17, 15) is 4.79 Å². The van der Waals surface area contributed by atoms with E-state index in [0.29, 0.717) is 12.1 Å². The molecule has 1 aromatic rings. The van der Waals surface area contributed by atoms with Gasteiger partial charge in [-0.3, -0.25) is 4.79 Å². The number of carbonyl (C=O) groups is 1. The van der Waals surface area contributed by atoms with Gasteiger partial charge in [-0.25, -0.2) is 4.68 Å². The van der Waals surface area contributed by atoms with Crippen LogP contribution in [0.3, 0.4) is 0 Å². The van der Waals surface area contributed by atoms with E-state index >= 15 is 0 Å². The van der Waals surface area contributed by atoms with Gasteiger partial charge in [0.1, 0.15) is 6.04 Å². The lowest BCUT2D eigenvalue weighted by Gasteiger charge is -2.24. The van der Waals surface area contributed by atoms with E-state index in [1.165, 1.54) is 32.1 Å². The summed E-state index contributed by atoms with van der Waals surface area (Å²) in [6, 6.07) is 0.699. The molecular weight excluding hydrogens is 266 g/mol. The first kappa shape index (κ1) is 14.5. The van der Waals surface area contributed by atoms with Crippen molar-refractivity contribution in [3.8, 4) is 0 Å². The fraction of sp³-hybridized carbons (Fsp3) is 0.800. The summed E-state index contributed by atoms with van der Waals surface area (Å²) in [5.41, 5.74) is 0.902. The zero-order valence-corrected chi connectivity index (χ0v) is 12.7. The molecule has 116 valence electrons. The van der Waals surface area contributed by atoms with Crippen LogP contribution in [0.15, 0.2) is 6.20 Å². The summed E-state index contributed by atoms with van der Waals surface area (Å²) >= 11 is 0. The normalized spacial score (nSPS) is 21.2. The van der Waals surface area contributed by atoms with Crippen LogP contribution in [0.5, 0.6) is 0 Å². The minimum Gasteiger partial charge on any atom is -0.352 e. The quantitative estimate of drug-likeness (QED) is 0.834. The molecule has 0 radical (unpaired) electrons. The molecule has 1 heterocycles. The van der Waals surface area contributed by atoms with Crippen LogP contribution in [0.2, 0.25) is 0 Å². The Balaban J connectivity index is 1.50. The summed E-state index contributed by atoms with van der Waals surface area (Å²) in [7, 11) is 0. The highest BCUT2D eigenvalue weighted by Crippen LogP contribution is 2.19. The number of amides is 1. The second kappa shape index (κ2) is 6.56. The highest BCUT2D eigenvalue weighted by atomic mass is 16.2. The minimum atomic E-state index is -0.297. The molecule has 3 rings (SSSR count). The van der Waals surface area contributed by atoms with Gasteiger partial charge in [-0.15, -0.1) is 5.10 Å². The largest absolute Gasteiger partial charge is 0.352 e. The molecule has 1 amide bonds. The first-order valence-electron chi connectivity index (χ1n) is 8.17. The van der Waals surface area contributed by atoms with E-state index < -0.39 is 0 Å². The molecule has 2 aliphatic carbocycles. The summed E-state index contributed by atoms with van der Waals surface area (Å²) in [6.45, 7) is 2.62. The van der Waals surface area contributed by atoms with Crippen LogP contribution in [0.1, 0.15) is 63.6 Å². The molecule has 2 aliphatic rings. The van der Waals surface area contributed by atoms with Crippen molar-refractivity contribution >= 4 is 5.91 Å². The number of aromatic nitrogens is 3. The molecular formula is C15H25N5O. The lowest BCUT2D eigenvalue weighted by atomic mass is 9.95. The third-order valence-corrected chi connectivity index (χ3v) is 4.43.